The summed E-state index contributed by atoms with van der Waals surface area (Å²) in [4.78, 5) is 15.2. The molecule has 2 aromatic carbocycles. The smallest absolute Gasteiger partial charge is 0.403 e. The van der Waals surface area contributed by atoms with Crippen LogP contribution < -0.4 is 14.8 Å². The number of carbonyl (C=O) groups excluding carboxylic acids is 1. The van der Waals surface area contributed by atoms with Gasteiger partial charge in [-0.25, -0.2) is 22.2 Å². The molecule has 3 rings (SSSR count). The van der Waals surface area contributed by atoms with Gasteiger partial charge in [0.25, 0.3) is 15.9 Å². The Hall–Kier alpha value is -2.97. The third-order valence-electron chi connectivity index (χ3n) is 3.86. The molecule has 1 amide bonds. The molecule has 2 N–H and O–H groups in total. The summed E-state index contributed by atoms with van der Waals surface area (Å²) < 4.78 is 95.1. The number of anilines is 1. The van der Waals surface area contributed by atoms with Gasteiger partial charge in [0.15, 0.2) is 16.7 Å². The number of nitrogens with zero attached hydrogens (tertiary/aromatic N) is 1. The van der Waals surface area contributed by atoms with Crippen molar-refractivity contribution in [2.45, 2.75) is 17.8 Å². The number of amides is 1. The van der Waals surface area contributed by atoms with E-state index < -0.39 is 44.6 Å². The van der Waals surface area contributed by atoms with Crippen LogP contribution in [-0.4, -0.2) is 25.7 Å². The molecule has 0 aliphatic rings. The number of nitrogens with one attached hydrogen (secondary N) is 2. The lowest BCUT2D eigenvalue weighted by molar-refractivity contribution is -0.275. The minimum atomic E-state index is -5.07. The number of aromatic nitrogens is 1. The number of hydrogen-bond donors (Lipinski definition) is 2. The van der Waals surface area contributed by atoms with Gasteiger partial charge in [0.2, 0.25) is 0 Å². The van der Waals surface area contributed by atoms with Crippen molar-refractivity contribution in [3.8, 4) is 5.75 Å². The molecule has 0 unspecified atom stereocenters. The molecule has 0 saturated carbocycles. The quantitative estimate of drug-likeness (QED) is 0.434. The Kier molecular flexibility index (Phi) is 7.09. The predicted molar refractivity (Wildman–Crippen MR) is 109 cm³/mol. The van der Waals surface area contributed by atoms with Crippen molar-refractivity contribution < 1.29 is 39.9 Å². The zero-order chi connectivity index (χ0) is 24.4. The fourth-order valence-corrected chi connectivity index (χ4v) is 4.59. The van der Waals surface area contributed by atoms with Crippen LogP contribution in [-0.2, 0) is 16.6 Å². The maximum absolute atomic E-state index is 14.4. The van der Waals surface area contributed by atoms with Gasteiger partial charge in [0, 0.05) is 12.1 Å². The second-order valence-corrected chi connectivity index (χ2v) is 9.53. The average Bonchev–Trinajstić information content (AvgIpc) is 3.10. The van der Waals surface area contributed by atoms with Crippen molar-refractivity contribution >= 4 is 44.0 Å². The summed E-state index contributed by atoms with van der Waals surface area (Å²) in [6.45, 7) is -0.309. The first-order valence-electron chi connectivity index (χ1n) is 8.60. The van der Waals surface area contributed by atoms with Gasteiger partial charge in [-0.15, -0.1) is 13.2 Å². The summed E-state index contributed by atoms with van der Waals surface area (Å²) in [5, 5.41) is 2.23. The van der Waals surface area contributed by atoms with Crippen LogP contribution in [0.3, 0.4) is 0 Å². The van der Waals surface area contributed by atoms with E-state index in [1.54, 1.807) is 0 Å². The van der Waals surface area contributed by atoms with Crippen molar-refractivity contribution in [3.63, 3.8) is 0 Å². The Labute approximate surface area is 192 Å². The summed E-state index contributed by atoms with van der Waals surface area (Å²) in [6.07, 6.45) is -3.86. The van der Waals surface area contributed by atoms with Crippen LogP contribution in [0.1, 0.15) is 15.9 Å². The molecule has 1 heterocycles. The molecule has 0 spiro atoms. The second kappa shape index (κ2) is 9.49. The number of thiazole rings is 1. The van der Waals surface area contributed by atoms with E-state index >= 15 is 0 Å². The van der Waals surface area contributed by atoms with Crippen molar-refractivity contribution in [3.05, 3.63) is 69.7 Å². The standard InChI is InChI=1S/C18H11ClF5N3O4S2/c19-15-8-26-17(32-15)27-33(29,30)14-4-2-10(6-12(14)21)16(28)25-7-9-1-3-13(11(20)5-9)31-18(22,23)24/h1-6,8H,7H2,(H,25,28)(H,26,27). The molecule has 0 radical (unpaired) electrons. The minimum absolute atomic E-state index is 0.0832. The zero-order valence-corrected chi connectivity index (χ0v) is 18.3. The van der Waals surface area contributed by atoms with Crippen LogP contribution in [0.25, 0.3) is 0 Å². The summed E-state index contributed by atoms with van der Waals surface area (Å²) >= 11 is 6.49. The highest BCUT2D eigenvalue weighted by molar-refractivity contribution is 7.93. The van der Waals surface area contributed by atoms with Gasteiger partial charge >= 0.3 is 6.36 Å². The lowest BCUT2D eigenvalue weighted by Gasteiger charge is -2.11. The molecule has 0 fully saturated rings. The van der Waals surface area contributed by atoms with Crippen LogP contribution >= 0.6 is 22.9 Å². The van der Waals surface area contributed by atoms with E-state index in [2.05, 4.69) is 19.8 Å². The predicted octanol–water partition coefficient (Wildman–Crippen LogP) is 4.70. The number of sulfonamides is 1. The number of carbonyl (C=O) groups is 1. The first-order chi connectivity index (χ1) is 15.3. The fourth-order valence-electron chi connectivity index (χ4n) is 2.48. The highest BCUT2D eigenvalue weighted by atomic mass is 35.5. The van der Waals surface area contributed by atoms with E-state index in [0.717, 1.165) is 41.7 Å². The van der Waals surface area contributed by atoms with E-state index in [0.29, 0.717) is 6.07 Å². The van der Waals surface area contributed by atoms with Gasteiger partial charge in [0.1, 0.15) is 15.0 Å². The normalized spacial score (nSPS) is 11.8. The Morgan fingerprint density at radius 1 is 1.12 bits per heavy atom. The van der Waals surface area contributed by atoms with E-state index in [1.165, 1.54) is 6.20 Å². The Balaban J connectivity index is 1.67. The van der Waals surface area contributed by atoms with Crippen LogP contribution in [0.2, 0.25) is 4.34 Å². The lowest BCUT2D eigenvalue weighted by Crippen LogP contribution is -2.23. The molecular formula is C18H11ClF5N3O4S2. The highest BCUT2D eigenvalue weighted by Gasteiger charge is 2.32. The zero-order valence-electron chi connectivity index (χ0n) is 15.9. The molecular weight excluding hydrogens is 517 g/mol. The van der Waals surface area contributed by atoms with Crippen molar-refractivity contribution in [1.29, 1.82) is 0 Å². The molecule has 1 aromatic heterocycles. The van der Waals surface area contributed by atoms with Crippen molar-refractivity contribution in [1.82, 2.24) is 10.3 Å². The van der Waals surface area contributed by atoms with Gasteiger partial charge in [0.05, 0.1) is 6.20 Å². The Morgan fingerprint density at radius 3 is 2.42 bits per heavy atom. The van der Waals surface area contributed by atoms with Crippen molar-refractivity contribution in [2.24, 2.45) is 0 Å². The topological polar surface area (TPSA) is 97.4 Å². The summed E-state index contributed by atoms with van der Waals surface area (Å²) in [6, 6.07) is 5.16. The van der Waals surface area contributed by atoms with Gasteiger partial charge < -0.3 is 10.1 Å². The van der Waals surface area contributed by atoms with E-state index in [1.807, 2.05) is 0 Å². The Morgan fingerprint density at radius 2 is 1.85 bits per heavy atom. The molecule has 0 atom stereocenters. The molecule has 7 nitrogen and oxygen atoms in total. The van der Waals surface area contributed by atoms with Gasteiger partial charge in [-0.3, -0.25) is 9.52 Å². The van der Waals surface area contributed by atoms with Crippen LogP contribution in [0, 0.1) is 11.6 Å². The van der Waals surface area contributed by atoms with E-state index in [4.69, 9.17) is 11.6 Å². The molecule has 0 saturated heterocycles. The first kappa shape index (κ1) is 24.7. The number of ether oxygens (including phenoxy) is 1. The van der Waals surface area contributed by atoms with Gasteiger partial charge in [-0.05, 0) is 35.9 Å². The Bertz CT molecular complexity index is 1300. The highest BCUT2D eigenvalue weighted by Crippen LogP contribution is 2.27. The molecule has 33 heavy (non-hydrogen) atoms. The molecule has 0 bridgehead atoms. The molecule has 0 aliphatic heterocycles. The third kappa shape index (κ3) is 6.52. The second-order valence-electron chi connectivity index (χ2n) is 6.22. The largest absolute Gasteiger partial charge is 0.573 e. The van der Waals surface area contributed by atoms with Crippen LogP contribution in [0.4, 0.5) is 27.1 Å². The fraction of sp³-hybridized carbons (Fsp3) is 0.111. The SMILES string of the molecule is O=C(NCc1ccc(OC(F)(F)F)c(F)c1)c1ccc(S(=O)(=O)Nc2ncc(Cl)s2)c(F)c1. The summed E-state index contributed by atoms with van der Waals surface area (Å²) in [7, 11) is -4.35. The first-order valence-corrected chi connectivity index (χ1v) is 11.3. The summed E-state index contributed by atoms with van der Waals surface area (Å²) in [5.41, 5.74) is -0.150. The monoisotopic (exact) mass is 527 g/mol. The molecule has 15 heteroatoms. The molecule has 176 valence electrons. The maximum atomic E-state index is 14.4. The number of alkyl halides is 3. The van der Waals surface area contributed by atoms with Crippen LogP contribution in [0.5, 0.6) is 5.75 Å². The van der Waals surface area contributed by atoms with E-state index in [9.17, 15) is 35.2 Å². The average molecular weight is 528 g/mol. The number of benzene rings is 2. The third-order valence-corrected chi connectivity index (χ3v) is 6.39. The van der Waals surface area contributed by atoms with Crippen LogP contribution in [0.15, 0.2) is 47.5 Å². The minimum Gasteiger partial charge on any atom is -0.403 e. The maximum Gasteiger partial charge on any atom is 0.573 e. The van der Waals surface area contributed by atoms with Gasteiger partial charge in [-0.2, -0.15) is 0 Å². The summed E-state index contributed by atoms with van der Waals surface area (Å²) in [5.74, 6) is -4.40. The number of halogens is 6. The lowest BCUT2D eigenvalue weighted by atomic mass is 10.1. The van der Waals surface area contributed by atoms with E-state index in [-0.39, 0.29) is 27.1 Å². The number of rotatable bonds is 7. The molecule has 3 aromatic rings. The number of hydrogen-bond acceptors (Lipinski definition) is 6. The van der Waals surface area contributed by atoms with Gasteiger partial charge in [-0.1, -0.05) is 29.0 Å². The molecule has 0 aliphatic carbocycles. The van der Waals surface area contributed by atoms with Crippen molar-refractivity contribution in [2.75, 3.05) is 4.72 Å².